The average Bonchev–Trinajstić information content (AvgIpc) is 2.41. The van der Waals surface area contributed by atoms with Gasteiger partial charge in [0.25, 0.3) is 0 Å². The minimum absolute atomic E-state index is 0.108. The van der Waals surface area contributed by atoms with E-state index in [1.165, 1.54) is 6.07 Å². The van der Waals surface area contributed by atoms with E-state index in [1.54, 1.807) is 31.4 Å². The Morgan fingerprint density at radius 2 is 1.78 bits per heavy atom. The van der Waals surface area contributed by atoms with Gasteiger partial charge in [-0.15, -0.1) is 0 Å². The van der Waals surface area contributed by atoms with Crippen LogP contribution in [0.2, 0.25) is 0 Å². The fourth-order valence-corrected chi connectivity index (χ4v) is 1.60. The predicted molar refractivity (Wildman–Crippen MR) is 68.1 cm³/mol. The number of para-hydroxylation sites is 2. The zero-order chi connectivity index (χ0) is 13.0. The lowest BCUT2D eigenvalue weighted by atomic mass is 10.2. The number of ether oxygens (including phenoxy) is 2. The molecule has 2 aromatic rings. The van der Waals surface area contributed by atoms with Crippen LogP contribution in [-0.2, 0) is 6.61 Å². The van der Waals surface area contributed by atoms with Crippen molar-refractivity contribution in [3.63, 3.8) is 0 Å². The van der Waals surface area contributed by atoms with Gasteiger partial charge in [-0.05, 0) is 18.2 Å². The molecule has 0 aliphatic rings. The molecule has 0 saturated carbocycles. The van der Waals surface area contributed by atoms with Crippen molar-refractivity contribution in [2.24, 2.45) is 0 Å². The Kier molecular flexibility index (Phi) is 3.67. The molecule has 4 heteroatoms. The topological polar surface area (TPSA) is 44.5 Å². The summed E-state index contributed by atoms with van der Waals surface area (Å²) in [6.45, 7) is 0.108. The van der Waals surface area contributed by atoms with E-state index in [0.29, 0.717) is 17.1 Å². The van der Waals surface area contributed by atoms with Gasteiger partial charge in [-0.2, -0.15) is 0 Å². The third kappa shape index (κ3) is 2.53. The van der Waals surface area contributed by atoms with Crippen LogP contribution in [-0.4, -0.2) is 7.11 Å². The first-order chi connectivity index (χ1) is 8.72. The molecule has 0 radical (unpaired) electrons. The van der Waals surface area contributed by atoms with Crippen LogP contribution in [0.1, 0.15) is 5.56 Å². The fourth-order valence-electron chi connectivity index (χ4n) is 1.60. The van der Waals surface area contributed by atoms with E-state index >= 15 is 0 Å². The highest BCUT2D eigenvalue weighted by Crippen LogP contribution is 2.27. The highest BCUT2D eigenvalue weighted by atomic mass is 19.1. The summed E-state index contributed by atoms with van der Waals surface area (Å²) >= 11 is 0. The van der Waals surface area contributed by atoms with Crippen LogP contribution in [0.25, 0.3) is 0 Å². The largest absolute Gasteiger partial charge is 0.493 e. The molecule has 0 amide bonds. The van der Waals surface area contributed by atoms with Crippen molar-refractivity contribution in [1.29, 1.82) is 0 Å². The molecule has 0 atom stereocenters. The summed E-state index contributed by atoms with van der Waals surface area (Å²) in [5.74, 6) is 0.746. The molecule has 0 spiro atoms. The summed E-state index contributed by atoms with van der Waals surface area (Å²) in [6, 6.07) is 12.1. The van der Waals surface area contributed by atoms with Gasteiger partial charge in [0.05, 0.1) is 12.8 Å². The second-order valence-corrected chi connectivity index (χ2v) is 3.76. The molecule has 0 aliphatic carbocycles. The standard InChI is InChI=1S/C14H14FNO2/c1-17-12-7-2-3-8-13(12)18-9-10-5-4-6-11(16)14(10)15/h2-8H,9,16H2,1H3. The number of nitrogens with two attached hydrogens (primary N) is 1. The van der Waals surface area contributed by atoms with E-state index in [0.717, 1.165) is 0 Å². The van der Waals surface area contributed by atoms with E-state index in [-0.39, 0.29) is 12.3 Å². The zero-order valence-electron chi connectivity index (χ0n) is 10.0. The first kappa shape index (κ1) is 12.2. The fraction of sp³-hybridized carbons (Fsp3) is 0.143. The Morgan fingerprint density at radius 3 is 2.50 bits per heavy atom. The lowest BCUT2D eigenvalue weighted by molar-refractivity contribution is 0.280. The number of hydrogen-bond acceptors (Lipinski definition) is 3. The molecule has 0 aliphatic heterocycles. The summed E-state index contributed by atoms with van der Waals surface area (Å²) in [6.07, 6.45) is 0. The number of halogens is 1. The van der Waals surface area contributed by atoms with Crippen LogP contribution < -0.4 is 15.2 Å². The maximum Gasteiger partial charge on any atom is 0.161 e. The second kappa shape index (κ2) is 5.40. The average molecular weight is 247 g/mol. The van der Waals surface area contributed by atoms with Crippen molar-refractivity contribution in [3.8, 4) is 11.5 Å². The van der Waals surface area contributed by atoms with Gasteiger partial charge in [0.15, 0.2) is 17.3 Å². The highest BCUT2D eigenvalue weighted by molar-refractivity contribution is 5.43. The number of methoxy groups -OCH3 is 1. The molecule has 94 valence electrons. The first-order valence-electron chi connectivity index (χ1n) is 5.51. The van der Waals surface area contributed by atoms with Gasteiger partial charge < -0.3 is 15.2 Å². The van der Waals surface area contributed by atoms with E-state index in [4.69, 9.17) is 15.2 Å². The molecule has 0 saturated heterocycles. The van der Waals surface area contributed by atoms with Gasteiger partial charge >= 0.3 is 0 Å². The van der Waals surface area contributed by atoms with Crippen LogP contribution >= 0.6 is 0 Å². The monoisotopic (exact) mass is 247 g/mol. The second-order valence-electron chi connectivity index (χ2n) is 3.76. The maximum absolute atomic E-state index is 13.7. The van der Waals surface area contributed by atoms with Crippen molar-refractivity contribution in [2.45, 2.75) is 6.61 Å². The van der Waals surface area contributed by atoms with Crippen molar-refractivity contribution < 1.29 is 13.9 Å². The van der Waals surface area contributed by atoms with Crippen molar-refractivity contribution >= 4 is 5.69 Å². The minimum Gasteiger partial charge on any atom is -0.493 e. The maximum atomic E-state index is 13.7. The number of rotatable bonds is 4. The third-order valence-corrected chi connectivity index (χ3v) is 2.56. The molecule has 18 heavy (non-hydrogen) atoms. The van der Waals surface area contributed by atoms with Crippen LogP contribution in [0.15, 0.2) is 42.5 Å². The molecule has 0 aromatic heterocycles. The summed E-state index contributed by atoms with van der Waals surface area (Å²) in [4.78, 5) is 0. The molecule has 2 rings (SSSR count). The highest BCUT2D eigenvalue weighted by Gasteiger charge is 2.08. The van der Waals surface area contributed by atoms with Crippen molar-refractivity contribution in [1.82, 2.24) is 0 Å². The van der Waals surface area contributed by atoms with Gasteiger partial charge in [0, 0.05) is 5.56 Å². The van der Waals surface area contributed by atoms with E-state index in [2.05, 4.69) is 0 Å². The van der Waals surface area contributed by atoms with Crippen LogP contribution in [0.3, 0.4) is 0 Å². The van der Waals surface area contributed by atoms with Crippen LogP contribution in [0.5, 0.6) is 11.5 Å². The number of anilines is 1. The zero-order valence-corrected chi connectivity index (χ0v) is 10.0. The molecular weight excluding hydrogens is 233 g/mol. The van der Waals surface area contributed by atoms with Gasteiger partial charge in [-0.1, -0.05) is 24.3 Å². The molecule has 2 N–H and O–H groups in total. The summed E-state index contributed by atoms with van der Waals surface area (Å²) in [5.41, 5.74) is 6.03. The number of hydrogen-bond donors (Lipinski definition) is 1. The molecule has 0 unspecified atom stereocenters. The normalized spacial score (nSPS) is 10.1. The molecule has 0 bridgehead atoms. The van der Waals surface area contributed by atoms with Crippen LogP contribution in [0, 0.1) is 5.82 Å². The number of benzene rings is 2. The Balaban J connectivity index is 2.14. The lowest BCUT2D eigenvalue weighted by Gasteiger charge is -2.11. The Hall–Kier alpha value is -2.23. The predicted octanol–water partition coefficient (Wildman–Crippen LogP) is 3.00. The quantitative estimate of drug-likeness (QED) is 0.845. The molecule has 3 nitrogen and oxygen atoms in total. The first-order valence-corrected chi connectivity index (χ1v) is 5.51. The Labute approximate surface area is 105 Å². The molecule has 2 aromatic carbocycles. The van der Waals surface area contributed by atoms with Gasteiger partial charge in [0.2, 0.25) is 0 Å². The van der Waals surface area contributed by atoms with Gasteiger partial charge in [-0.25, -0.2) is 4.39 Å². The minimum atomic E-state index is -0.438. The van der Waals surface area contributed by atoms with Crippen LogP contribution in [0.4, 0.5) is 10.1 Å². The lowest BCUT2D eigenvalue weighted by Crippen LogP contribution is -2.02. The summed E-state index contributed by atoms with van der Waals surface area (Å²) in [5, 5.41) is 0. The van der Waals surface area contributed by atoms with E-state index < -0.39 is 5.82 Å². The van der Waals surface area contributed by atoms with Crippen molar-refractivity contribution in [2.75, 3.05) is 12.8 Å². The smallest absolute Gasteiger partial charge is 0.161 e. The molecule has 0 fully saturated rings. The number of nitrogen functional groups attached to an aromatic ring is 1. The van der Waals surface area contributed by atoms with Gasteiger partial charge in [0.1, 0.15) is 6.61 Å². The summed E-state index contributed by atoms with van der Waals surface area (Å²) < 4.78 is 24.3. The molecular formula is C14H14FNO2. The van der Waals surface area contributed by atoms with Crippen molar-refractivity contribution in [3.05, 3.63) is 53.8 Å². The van der Waals surface area contributed by atoms with E-state index in [9.17, 15) is 4.39 Å². The Morgan fingerprint density at radius 1 is 1.06 bits per heavy atom. The third-order valence-electron chi connectivity index (χ3n) is 2.56. The SMILES string of the molecule is COc1ccccc1OCc1cccc(N)c1F. The Bertz CT molecular complexity index is 543. The van der Waals surface area contributed by atoms with E-state index in [1.807, 2.05) is 12.1 Å². The molecule has 0 heterocycles. The van der Waals surface area contributed by atoms with Gasteiger partial charge in [-0.3, -0.25) is 0 Å². The summed E-state index contributed by atoms with van der Waals surface area (Å²) in [7, 11) is 1.56.